The molecule has 1 saturated heterocycles. The van der Waals surface area contributed by atoms with E-state index >= 15 is 0 Å². The molecule has 0 spiro atoms. The van der Waals surface area contributed by atoms with Gasteiger partial charge in [0.1, 0.15) is 5.75 Å². The molecule has 19 heavy (non-hydrogen) atoms. The maximum absolute atomic E-state index is 5.68. The van der Waals surface area contributed by atoms with Crippen LogP contribution < -0.4 is 15.0 Å². The first kappa shape index (κ1) is 14.2. The Morgan fingerprint density at radius 1 is 1.32 bits per heavy atom. The molecule has 0 amide bonds. The molecule has 2 rings (SSSR count). The minimum absolute atomic E-state index is 0.214. The maximum Gasteiger partial charge on any atom is 0.119 e. The molecule has 1 unspecified atom stereocenters. The van der Waals surface area contributed by atoms with E-state index in [4.69, 9.17) is 9.47 Å². The van der Waals surface area contributed by atoms with Gasteiger partial charge in [-0.1, -0.05) is 0 Å². The van der Waals surface area contributed by atoms with E-state index in [0.29, 0.717) is 6.04 Å². The standard InChI is InChI=1S/C15H24N2O2/c1-12(2)19-15-6-4-13(5-7-15)17-9-8-16-10-14(17)11-18-3/h4-7,12,14,16H,8-11H2,1-3H3. The summed E-state index contributed by atoms with van der Waals surface area (Å²) in [5.74, 6) is 0.928. The van der Waals surface area contributed by atoms with Gasteiger partial charge in [0, 0.05) is 32.4 Å². The van der Waals surface area contributed by atoms with Crippen LogP contribution in [0, 0.1) is 0 Å². The zero-order chi connectivity index (χ0) is 13.7. The highest BCUT2D eigenvalue weighted by Gasteiger charge is 2.22. The summed E-state index contributed by atoms with van der Waals surface area (Å²) < 4.78 is 11.0. The van der Waals surface area contributed by atoms with Crippen LogP contribution in [0.1, 0.15) is 13.8 Å². The van der Waals surface area contributed by atoms with Crippen molar-refractivity contribution in [2.45, 2.75) is 26.0 Å². The first-order valence-electron chi connectivity index (χ1n) is 6.93. The molecule has 1 heterocycles. The highest BCUT2D eigenvalue weighted by Crippen LogP contribution is 2.22. The van der Waals surface area contributed by atoms with Crippen LogP contribution in [0.2, 0.25) is 0 Å². The number of anilines is 1. The van der Waals surface area contributed by atoms with Crippen molar-refractivity contribution in [2.75, 3.05) is 38.3 Å². The summed E-state index contributed by atoms with van der Waals surface area (Å²) in [6.07, 6.45) is 0.214. The molecule has 1 fully saturated rings. The predicted octanol–water partition coefficient (Wildman–Crippen LogP) is 1.90. The Balaban J connectivity index is 2.06. The minimum atomic E-state index is 0.214. The van der Waals surface area contributed by atoms with Crippen molar-refractivity contribution in [2.24, 2.45) is 0 Å². The topological polar surface area (TPSA) is 33.7 Å². The van der Waals surface area contributed by atoms with Crippen molar-refractivity contribution >= 4 is 5.69 Å². The highest BCUT2D eigenvalue weighted by atomic mass is 16.5. The van der Waals surface area contributed by atoms with Crippen molar-refractivity contribution in [3.05, 3.63) is 24.3 Å². The fourth-order valence-corrected chi connectivity index (χ4v) is 2.43. The van der Waals surface area contributed by atoms with Gasteiger partial charge < -0.3 is 19.7 Å². The third-order valence-corrected chi connectivity index (χ3v) is 3.25. The molecule has 4 nitrogen and oxygen atoms in total. The van der Waals surface area contributed by atoms with Crippen LogP contribution >= 0.6 is 0 Å². The van der Waals surface area contributed by atoms with Gasteiger partial charge in [-0.15, -0.1) is 0 Å². The molecule has 0 aliphatic carbocycles. The smallest absolute Gasteiger partial charge is 0.119 e. The lowest BCUT2D eigenvalue weighted by Crippen LogP contribution is -2.53. The third kappa shape index (κ3) is 3.85. The molecule has 106 valence electrons. The SMILES string of the molecule is COCC1CNCCN1c1ccc(OC(C)C)cc1. The zero-order valence-corrected chi connectivity index (χ0v) is 12.1. The Kier molecular flexibility index (Phi) is 5.05. The quantitative estimate of drug-likeness (QED) is 0.880. The number of ether oxygens (including phenoxy) is 2. The number of methoxy groups -OCH3 is 1. The van der Waals surface area contributed by atoms with E-state index in [1.165, 1.54) is 5.69 Å². The van der Waals surface area contributed by atoms with Gasteiger partial charge in [0.15, 0.2) is 0 Å². The van der Waals surface area contributed by atoms with Crippen molar-refractivity contribution < 1.29 is 9.47 Å². The number of hydrogen-bond acceptors (Lipinski definition) is 4. The Morgan fingerprint density at radius 3 is 2.68 bits per heavy atom. The molecular formula is C15H24N2O2. The van der Waals surface area contributed by atoms with E-state index in [9.17, 15) is 0 Å². The molecule has 1 N–H and O–H groups in total. The van der Waals surface area contributed by atoms with Crippen LogP contribution in [0.4, 0.5) is 5.69 Å². The Hall–Kier alpha value is -1.26. The lowest BCUT2D eigenvalue weighted by atomic mass is 10.1. The summed E-state index contributed by atoms with van der Waals surface area (Å²) in [4.78, 5) is 2.40. The molecule has 4 heteroatoms. The molecule has 0 bridgehead atoms. The summed E-state index contributed by atoms with van der Waals surface area (Å²) in [6.45, 7) is 7.83. The minimum Gasteiger partial charge on any atom is -0.491 e. The molecule has 0 saturated carbocycles. The number of piperazine rings is 1. The Labute approximate surface area is 115 Å². The average Bonchev–Trinajstić information content (AvgIpc) is 2.40. The largest absolute Gasteiger partial charge is 0.491 e. The fraction of sp³-hybridized carbons (Fsp3) is 0.600. The van der Waals surface area contributed by atoms with Crippen LogP contribution in [-0.4, -0.2) is 45.5 Å². The van der Waals surface area contributed by atoms with Gasteiger partial charge >= 0.3 is 0 Å². The number of nitrogens with zero attached hydrogens (tertiary/aromatic N) is 1. The van der Waals surface area contributed by atoms with E-state index in [1.807, 2.05) is 26.0 Å². The van der Waals surface area contributed by atoms with E-state index in [0.717, 1.165) is 32.0 Å². The van der Waals surface area contributed by atoms with E-state index in [2.05, 4.69) is 22.3 Å². The molecule has 1 aromatic carbocycles. The molecule has 0 aromatic heterocycles. The van der Waals surface area contributed by atoms with Crippen molar-refractivity contribution in [3.8, 4) is 5.75 Å². The van der Waals surface area contributed by atoms with Gasteiger partial charge in [0.2, 0.25) is 0 Å². The molecule has 1 aliphatic rings. The second-order valence-electron chi connectivity index (χ2n) is 5.17. The van der Waals surface area contributed by atoms with Crippen molar-refractivity contribution in [1.82, 2.24) is 5.32 Å². The van der Waals surface area contributed by atoms with Gasteiger partial charge in [-0.3, -0.25) is 0 Å². The van der Waals surface area contributed by atoms with Gasteiger partial charge in [-0.2, -0.15) is 0 Å². The lowest BCUT2D eigenvalue weighted by molar-refractivity contribution is 0.170. The maximum atomic E-state index is 5.68. The predicted molar refractivity (Wildman–Crippen MR) is 78.1 cm³/mol. The van der Waals surface area contributed by atoms with Gasteiger partial charge in [0.05, 0.1) is 18.8 Å². The van der Waals surface area contributed by atoms with Crippen LogP contribution in [-0.2, 0) is 4.74 Å². The monoisotopic (exact) mass is 264 g/mol. The van der Waals surface area contributed by atoms with E-state index in [1.54, 1.807) is 7.11 Å². The van der Waals surface area contributed by atoms with Gasteiger partial charge in [-0.25, -0.2) is 0 Å². The summed E-state index contributed by atoms with van der Waals surface area (Å²) in [5.41, 5.74) is 1.24. The van der Waals surface area contributed by atoms with Crippen molar-refractivity contribution in [3.63, 3.8) is 0 Å². The summed E-state index contributed by atoms with van der Waals surface area (Å²) in [7, 11) is 1.76. The zero-order valence-electron chi connectivity index (χ0n) is 12.1. The fourth-order valence-electron chi connectivity index (χ4n) is 2.43. The molecular weight excluding hydrogens is 240 g/mol. The van der Waals surface area contributed by atoms with Gasteiger partial charge in [0.25, 0.3) is 0 Å². The summed E-state index contributed by atoms with van der Waals surface area (Å²) in [6, 6.07) is 8.75. The van der Waals surface area contributed by atoms with Crippen LogP contribution in [0.25, 0.3) is 0 Å². The summed E-state index contributed by atoms with van der Waals surface area (Å²) >= 11 is 0. The second kappa shape index (κ2) is 6.78. The number of nitrogens with one attached hydrogen (secondary N) is 1. The van der Waals surface area contributed by atoms with Crippen molar-refractivity contribution in [1.29, 1.82) is 0 Å². The molecule has 0 radical (unpaired) electrons. The Bertz CT molecular complexity index is 376. The first-order valence-corrected chi connectivity index (χ1v) is 6.93. The normalized spacial score (nSPS) is 19.8. The molecule has 1 aromatic rings. The Morgan fingerprint density at radius 2 is 2.05 bits per heavy atom. The van der Waals surface area contributed by atoms with E-state index in [-0.39, 0.29) is 6.10 Å². The number of rotatable bonds is 5. The highest BCUT2D eigenvalue weighted by molar-refractivity contribution is 5.50. The van der Waals surface area contributed by atoms with Crippen LogP contribution in [0.3, 0.4) is 0 Å². The molecule has 1 aliphatic heterocycles. The summed E-state index contributed by atoms with van der Waals surface area (Å²) in [5, 5.41) is 3.41. The third-order valence-electron chi connectivity index (χ3n) is 3.25. The average molecular weight is 264 g/mol. The second-order valence-corrected chi connectivity index (χ2v) is 5.17. The molecule has 1 atom stereocenters. The van der Waals surface area contributed by atoms with Crippen LogP contribution in [0.15, 0.2) is 24.3 Å². The van der Waals surface area contributed by atoms with Gasteiger partial charge in [-0.05, 0) is 38.1 Å². The lowest BCUT2D eigenvalue weighted by Gasteiger charge is -2.37. The van der Waals surface area contributed by atoms with E-state index < -0.39 is 0 Å². The number of benzene rings is 1. The van der Waals surface area contributed by atoms with Crippen LogP contribution in [0.5, 0.6) is 5.75 Å². The first-order chi connectivity index (χ1) is 9.20. The number of hydrogen-bond donors (Lipinski definition) is 1.